The average molecular weight is 424 g/mol. The van der Waals surface area contributed by atoms with Crippen molar-refractivity contribution in [1.82, 2.24) is 5.32 Å². The van der Waals surface area contributed by atoms with Crippen molar-refractivity contribution in [1.29, 1.82) is 0 Å². The van der Waals surface area contributed by atoms with Crippen LogP contribution in [0.4, 0.5) is 11.4 Å². The fourth-order valence-electron chi connectivity index (χ4n) is 2.88. The molecule has 2 amide bonds. The van der Waals surface area contributed by atoms with Gasteiger partial charge >= 0.3 is 0 Å². The predicted octanol–water partition coefficient (Wildman–Crippen LogP) is 4.99. The summed E-state index contributed by atoms with van der Waals surface area (Å²) in [6.45, 7) is 1.87. The van der Waals surface area contributed by atoms with Crippen molar-refractivity contribution in [3.8, 4) is 0 Å². The second-order valence-corrected chi connectivity index (χ2v) is 6.93. The lowest BCUT2D eigenvalue weighted by molar-refractivity contribution is -0.384. The standard InChI is InChI=1S/C22H18ClN3O4/c1-14(15-7-3-2-4-8-15)24-22(28)18-9-5-6-10-20(18)25-21(27)17-12-11-16(26(29)30)13-19(17)23/h2-14H,1H3,(H,24,28)(H,25,27)/t14-/m1/s1. The van der Waals surface area contributed by atoms with E-state index in [0.29, 0.717) is 5.69 Å². The van der Waals surface area contributed by atoms with Crippen LogP contribution in [0.15, 0.2) is 72.8 Å². The molecule has 1 atom stereocenters. The Morgan fingerprint density at radius 1 is 0.933 bits per heavy atom. The number of nitrogens with zero attached hydrogens (tertiary/aromatic N) is 1. The molecule has 0 radical (unpaired) electrons. The van der Waals surface area contributed by atoms with Crippen LogP contribution >= 0.6 is 11.6 Å². The zero-order chi connectivity index (χ0) is 21.7. The number of rotatable bonds is 6. The third-order valence-corrected chi connectivity index (χ3v) is 4.79. The van der Waals surface area contributed by atoms with Gasteiger partial charge in [0.2, 0.25) is 0 Å². The number of anilines is 1. The molecule has 2 N–H and O–H groups in total. The normalized spacial score (nSPS) is 11.4. The summed E-state index contributed by atoms with van der Waals surface area (Å²) in [5.41, 5.74) is 1.38. The van der Waals surface area contributed by atoms with Crippen molar-refractivity contribution in [2.24, 2.45) is 0 Å². The summed E-state index contributed by atoms with van der Waals surface area (Å²) >= 11 is 6.03. The number of nitro benzene ring substituents is 1. The number of nitro groups is 1. The lowest BCUT2D eigenvalue weighted by Gasteiger charge is -2.16. The minimum Gasteiger partial charge on any atom is -0.345 e. The lowest BCUT2D eigenvalue weighted by Crippen LogP contribution is -2.28. The second-order valence-electron chi connectivity index (χ2n) is 6.53. The van der Waals surface area contributed by atoms with Crippen LogP contribution in [0.1, 0.15) is 39.2 Å². The molecule has 7 nitrogen and oxygen atoms in total. The van der Waals surface area contributed by atoms with Crippen LogP contribution in [0.5, 0.6) is 0 Å². The zero-order valence-corrected chi connectivity index (χ0v) is 16.7. The summed E-state index contributed by atoms with van der Waals surface area (Å²) in [5.74, 6) is -0.927. The van der Waals surface area contributed by atoms with E-state index in [4.69, 9.17) is 11.6 Å². The largest absolute Gasteiger partial charge is 0.345 e. The van der Waals surface area contributed by atoms with Gasteiger partial charge in [0.05, 0.1) is 32.8 Å². The molecule has 0 unspecified atom stereocenters. The van der Waals surface area contributed by atoms with Crippen LogP contribution in [0.25, 0.3) is 0 Å². The van der Waals surface area contributed by atoms with Gasteiger partial charge in [-0.1, -0.05) is 54.1 Å². The number of nitrogens with one attached hydrogen (secondary N) is 2. The van der Waals surface area contributed by atoms with Crippen LogP contribution in [0, 0.1) is 10.1 Å². The summed E-state index contributed by atoms with van der Waals surface area (Å²) in [4.78, 5) is 35.7. The first-order chi connectivity index (χ1) is 14.4. The van der Waals surface area contributed by atoms with Crippen LogP contribution < -0.4 is 10.6 Å². The number of hydrogen-bond acceptors (Lipinski definition) is 4. The predicted molar refractivity (Wildman–Crippen MR) is 115 cm³/mol. The molecule has 8 heteroatoms. The van der Waals surface area contributed by atoms with Crippen LogP contribution in [0.3, 0.4) is 0 Å². The quantitative estimate of drug-likeness (QED) is 0.430. The van der Waals surface area contributed by atoms with Crippen LogP contribution in [-0.2, 0) is 0 Å². The number of para-hydroxylation sites is 1. The molecule has 0 aliphatic carbocycles. The van der Waals surface area contributed by atoms with Gasteiger partial charge in [-0.2, -0.15) is 0 Å². The highest BCUT2D eigenvalue weighted by Crippen LogP contribution is 2.24. The molecular weight excluding hydrogens is 406 g/mol. The number of amides is 2. The fourth-order valence-corrected chi connectivity index (χ4v) is 3.14. The van der Waals surface area contributed by atoms with Gasteiger partial charge in [-0.05, 0) is 30.7 Å². The van der Waals surface area contributed by atoms with E-state index in [1.165, 1.54) is 12.1 Å². The molecule has 0 saturated heterocycles. The van der Waals surface area contributed by atoms with Crippen LogP contribution in [-0.4, -0.2) is 16.7 Å². The van der Waals surface area contributed by atoms with Gasteiger partial charge < -0.3 is 10.6 Å². The van der Waals surface area contributed by atoms with E-state index < -0.39 is 10.8 Å². The van der Waals surface area contributed by atoms with Gasteiger partial charge in [0.25, 0.3) is 17.5 Å². The Balaban J connectivity index is 1.79. The summed E-state index contributed by atoms with van der Waals surface area (Å²) in [5, 5.41) is 16.3. The highest BCUT2D eigenvalue weighted by Gasteiger charge is 2.19. The molecule has 152 valence electrons. The zero-order valence-electron chi connectivity index (χ0n) is 16.0. The van der Waals surface area contributed by atoms with Crippen molar-refractivity contribution in [3.63, 3.8) is 0 Å². The third kappa shape index (κ3) is 4.82. The van der Waals surface area contributed by atoms with Gasteiger partial charge in [-0.15, -0.1) is 0 Å². The Morgan fingerprint density at radius 3 is 2.27 bits per heavy atom. The Kier molecular flexibility index (Phi) is 6.44. The fraction of sp³-hybridized carbons (Fsp3) is 0.0909. The highest BCUT2D eigenvalue weighted by molar-refractivity contribution is 6.34. The number of benzene rings is 3. The van der Waals surface area contributed by atoms with E-state index in [1.54, 1.807) is 24.3 Å². The SMILES string of the molecule is C[C@@H](NC(=O)c1ccccc1NC(=O)c1ccc([N+](=O)[O-])cc1Cl)c1ccccc1. The molecule has 0 fully saturated rings. The highest BCUT2D eigenvalue weighted by atomic mass is 35.5. The first-order valence-corrected chi connectivity index (χ1v) is 9.44. The van der Waals surface area contributed by atoms with E-state index in [9.17, 15) is 19.7 Å². The van der Waals surface area contributed by atoms with Gasteiger partial charge in [-0.25, -0.2) is 0 Å². The first-order valence-electron chi connectivity index (χ1n) is 9.07. The number of carbonyl (C=O) groups excluding carboxylic acids is 2. The molecule has 3 rings (SSSR count). The molecule has 0 aliphatic rings. The maximum atomic E-state index is 12.8. The van der Waals surface area contributed by atoms with Gasteiger partial charge in [0.1, 0.15) is 0 Å². The van der Waals surface area contributed by atoms with Crippen molar-refractivity contribution in [2.75, 3.05) is 5.32 Å². The Bertz CT molecular complexity index is 1100. The molecule has 30 heavy (non-hydrogen) atoms. The maximum absolute atomic E-state index is 12.8. The van der Waals surface area contributed by atoms with E-state index in [0.717, 1.165) is 11.6 Å². The van der Waals surface area contributed by atoms with E-state index >= 15 is 0 Å². The molecule has 0 aliphatic heterocycles. The molecule has 0 aromatic heterocycles. The number of halogens is 1. The molecule has 0 spiro atoms. The van der Waals surface area contributed by atoms with Crippen molar-refractivity contribution >= 4 is 34.8 Å². The molecule has 0 saturated carbocycles. The topological polar surface area (TPSA) is 101 Å². The average Bonchev–Trinajstić information content (AvgIpc) is 2.74. The molecular formula is C22H18ClN3O4. The minimum atomic E-state index is -0.596. The first kappa shape index (κ1) is 21.0. The Labute approximate surface area is 177 Å². The maximum Gasteiger partial charge on any atom is 0.270 e. The van der Waals surface area contributed by atoms with Crippen molar-refractivity contribution < 1.29 is 14.5 Å². The second kappa shape index (κ2) is 9.19. The number of carbonyl (C=O) groups is 2. The Hall–Kier alpha value is -3.71. The lowest BCUT2D eigenvalue weighted by atomic mass is 10.1. The summed E-state index contributed by atoms with van der Waals surface area (Å²) in [6, 6.07) is 19.4. The number of non-ortho nitro benzene ring substituents is 1. The molecule has 3 aromatic rings. The Morgan fingerprint density at radius 2 is 1.60 bits per heavy atom. The third-order valence-electron chi connectivity index (χ3n) is 4.48. The van der Waals surface area contributed by atoms with E-state index in [-0.39, 0.29) is 33.8 Å². The molecule has 0 heterocycles. The molecule has 3 aromatic carbocycles. The summed E-state index contributed by atoms with van der Waals surface area (Å²) in [6.07, 6.45) is 0. The van der Waals surface area contributed by atoms with Gasteiger partial charge in [0.15, 0.2) is 0 Å². The van der Waals surface area contributed by atoms with Crippen molar-refractivity contribution in [3.05, 3.63) is 105 Å². The molecule has 0 bridgehead atoms. The van der Waals surface area contributed by atoms with Crippen molar-refractivity contribution in [2.45, 2.75) is 13.0 Å². The minimum absolute atomic E-state index is 0.0543. The van der Waals surface area contributed by atoms with Gasteiger partial charge in [0, 0.05) is 12.1 Å². The smallest absolute Gasteiger partial charge is 0.270 e. The monoisotopic (exact) mass is 423 g/mol. The number of hydrogen-bond donors (Lipinski definition) is 2. The van der Waals surface area contributed by atoms with Crippen LogP contribution in [0.2, 0.25) is 5.02 Å². The summed E-state index contributed by atoms with van der Waals surface area (Å²) in [7, 11) is 0. The van der Waals surface area contributed by atoms with E-state index in [2.05, 4.69) is 10.6 Å². The summed E-state index contributed by atoms with van der Waals surface area (Å²) < 4.78 is 0. The van der Waals surface area contributed by atoms with E-state index in [1.807, 2.05) is 37.3 Å². The van der Waals surface area contributed by atoms with Gasteiger partial charge in [-0.3, -0.25) is 19.7 Å².